The van der Waals surface area contributed by atoms with Gasteiger partial charge in [0.15, 0.2) is 0 Å². The number of nitrogens with zero attached hydrogens (tertiary/aromatic N) is 1. The molecule has 0 amide bonds. The normalized spacial score (nSPS) is 11.4. The number of aromatic nitrogens is 1. The van der Waals surface area contributed by atoms with Crippen LogP contribution in [0, 0.1) is 0 Å². The van der Waals surface area contributed by atoms with Crippen molar-refractivity contribution in [2.45, 2.75) is 12.7 Å². The number of pyridine rings is 1. The van der Waals surface area contributed by atoms with Crippen LogP contribution in [0.5, 0.6) is 11.6 Å². The summed E-state index contributed by atoms with van der Waals surface area (Å²) in [5, 5.41) is 3.00. The van der Waals surface area contributed by atoms with E-state index in [4.69, 9.17) is 4.74 Å². The Kier molecular flexibility index (Phi) is 4.24. The van der Waals surface area contributed by atoms with Crippen molar-refractivity contribution in [3.05, 3.63) is 53.7 Å². The largest absolute Gasteiger partial charge is 0.439 e. The van der Waals surface area contributed by atoms with E-state index in [2.05, 4.69) is 10.3 Å². The van der Waals surface area contributed by atoms with Gasteiger partial charge in [-0.15, -0.1) is 0 Å². The molecule has 6 heteroatoms. The minimum atomic E-state index is -4.48. The van der Waals surface area contributed by atoms with E-state index in [9.17, 15) is 13.2 Å². The summed E-state index contributed by atoms with van der Waals surface area (Å²) < 4.78 is 42.9. The van der Waals surface area contributed by atoms with Gasteiger partial charge in [-0.3, -0.25) is 0 Å². The van der Waals surface area contributed by atoms with Crippen LogP contribution in [0.3, 0.4) is 0 Å². The molecular formula is C14H13F3N2O. The Morgan fingerprint density at radius 1 is 1.10 bits per heavy atom. The molecule has 0 aliphatic carbocycles. The molecule has 0 saturated heterocycles. The van der Waals surface area contributed by atoms with E-state index in [0.29, 0.717) is 12.3 Å². The average Bonchev–Trinajstić information content (AvgIpc) is 2.41. The number of hydrogen-bond acceptors (Lipinski definition) is 3. The molecule has 106 valence electrons. The Morgan fingerprint density at radius 3 is 2.40 bits per heavy atom. The highest BCUT2D eigenvalue weighted by atomic mass is 19.4. The number of alkyl halides is 3. The first kappa shape index (κ1) is 14.3. The van der Waals surface area contributed by atoms with Crippen LogP contribution in [0.4, 0.5) is 13.2 Å². The Labute approximate surface area is 114 Å². The molecule has 1 aromatic heterocycles. The average molecular weight is 282 g/mol. The number of nitrogens with one attached hydrogen (secondary N) is 1. The summed E-state index contributed by atoms with van der Waals surface area (Å²) in [4.78, 5) is 3.44. The molecule has 3 nitrogen and oxygen atoms in total. The van der Waals surface area contributed by atoms with Gasteiger partial charge in [-0.25, -0.2) is 4.98 Å². The zero-order valence-corrected chi connectivity index (χ0v) is 10.7. The number of rotatable bonds is 4. The second-order valence-electron chi connectivity index (χ2n) is 4.14. The third kappa shape index (κ3) is 3.71. The van der Waals surface area contributed by atoms with Crippen LogP contribution in [0.25, 0.3) is 0 Å². The number of halogens is 3. The third-order valence-electron chi connectivity index (χ3n) is 2.54. The topological polar surface area (TPSA) is 34.1 Å². The second kappa shape index (κ2) is 5.92. The molecule has 0 spiro atoms. The lowest BCUT2D eigenvalue weighted by Crippen LogP contribution is -2.08. The fraction of sp³-hybridized carbons (Fsp3) is 0.214. The molecule has 0 aliphatic heterocycles. The van der Waals surface area contributed by atoms with Crippen LogP contribution in [0.15, 0.2) is 42.5 Å². The van der Waals surface area contributed by atoms with Crippen LogP contribution in [0.1, 0.15) is 11.3 Å². The zero-order valence-electron chi connectivity index (χ0n) is 10.7. The van der Waals surface area contributed by atoms with Crippen LogP contribution in [-0.2, 0) is 12.7 Å². The lowest BCUT2D eigenvalue weighted by atomic mass is 10.2. The van der Waals surface area contributed by atoms with Crippen LogP contribution >= 0.6 is 0 Å². The van der Waals surface area contributed by atoms with Gasteiger partial charge in [-0.05, 0) is 30.8 Å². The smallest absolute Gasteiger partial charge is 0.433 e. The van der Waals surface area contributed by atoms with Gasteiger partial charge >= 0.3 is 6.18 Å². The van der Waals surface area contributed by atoms with Gasteiger partial charge in [0.05, 0.1) is 0 Å². The summed E-state index contributed by atoms with van der Waals surface area (Å²) in [6.45, 7) is 0.710. The minimum Gasteiger partial charge on any atom is -0.439 e. The Morgan fingerprint density at radius 2 is 1.80 bits per heavy atom. The van der Waals surface area contributed by atoms with E-state index in [1.165, 1.54) is 12.1 Å². The zero-order chi connectivity index (χ0) is 14.6. The highest BCUT2D eigenvalue weighted by molar-refractivity contribution is 5.31. The van der Waals surface area contributed by atoms with Crippen molar-refractivity contribution in [3.8, 4) is 11.6 Å². The maximum absolute atomic E-state index is 12.5. The molecule has 2 aromatic rings. The van der Waals surface area contributed by atoms with Crippen LogP contribution in [-0.4, -0.2) is 12.0 Å². The summed E-state index contributed by atoms with van der Waals surface area (Å²) in [7, 11) is 1.83. The van der Waals surface area contributed by atoms with Gasteiger partial charge in [-0.1, -0.05) is 18.2 Å². The SMILES string of the molecule is CNCc1ccc(Oc2cccc(C(F)(F)F)n2)cc1. The molecule has 0 radical (unpaired) electrons. The van der Waals surface area contributed by atoms with E-state index >= 15 is 0 Å². The monoisotopic (exact) mass is 282 g/mol. The first-order valence-corrected chi connectivity index (χ1v) is 5.94. The van der Waals surface area contributed by atoms with Gasteiger partial charge in [0.25, 0.3) is 0 Å². The molecule has 0 saturated carbocycles. The predicted octanol–water partition coefficient (Wildman–Crippen LogP) is 3.61. The first-order valence-electron chi connectivity index (χ1n) is 5.94. The van der Waals surface area contributed by atoms with E-state index < -0.39 is 11.9 Å². The first-order chi connectivity index (χ1) is 9.49. The van der Waals surface area contributed by atoms with Gasteiger partial charge in [0.1, 0.15) is 11.4 Å². The molecule has 0 bridgehead atoms. The Bertz CT molecular complexity index is 567. The predicted molar refractivity (Wildman–Crippen MR) is 68.5 cm³/mol. The van der Waals surface area contributed by atoms with Crippen LogP contribution < -0.4 is 10.1 Å². The van der Waals surface area contributed by atoms with Gasteiger partial charge in [-0.2, -0.15) is 13.2 Å². The van der Waals surface area contributed by atoms with Gasteiger partial charge in [0.2, 0.25) is 5.88 Å². The molecule has 1 N–H and O–H groups in total. The lowest BCUT2D eigenvalue weighted by Gasteiger charge is -2.09. The van der Waals surface area contributed by atoms with Crippen molar-refractivity contribution in [3.63, 3.8) is 0 Å². The fourth-order valence-corrected chi connectivity index (χ4v) is 1.63. The van der Waals surface area contributed by atoms with Crippen LogP contribution in [0.2, 0.25) is 0 Å². The highest BCUT2D eigenvalue weighted by Gasteiger charge is 2.32. The molecule has 1 aromatic carbocycles. The van der Waals surface area contributed by atoms with E-state index in [1.54, 1.807) is 12.1 Å². The Balaban J connectivity index is 2.13. The summed E-state index contributed by atoms with van der Waals surface area (Å²) >= 11 is 0. The molecular weight excluding hydrogens is 269 g/mol. The molecule has 0 atom stereocenters. The maximum Gasteiger partial charge on any atom is 0.433 e. The van der Waals surface area contributed by atoms with Crippen molar-refractivity contribution in [1.82, 2.24) is 10.3 Å². The van der Waals surface area contributed by atoms with Crippen molar-refractivity contribution in [1.29, 1.82) is 0 Å². The maximum atomic E-state index is 12.5. The summed E-state index contributed by atoms with van der Waals surface area (Å²) in [6.07, 6.45) is -4.48. The van der Waals surface area contributed by atoms with E-state index in [0.717, 1.165) is 11.6 Å². The van der Waals surface area contributed by atoms with E-state index in [-0.39, 0.29) is 5.88 Å². The number of benzene rings is 1. The van der Waals surface area contributed by atoms with Crippen molar-refractivity contribution in [2.75, 3.05) is 7.05 Å². The Hall–Kier alpha value is -2.08. The van der Waals surface area contributed by atoms with Crippen molar-refractivity contribution < 1.29 is 17.9 Å². The number of hydrogen-bond donors (Lipinski definition) is 1. The summed E-state index contributed by atoms with van der Waals surface area (Å²) in [5.41, 5.74) is 0.0821. The van der Waals surface area contributed by atoms with Crippen molar-refractivity contribution in [2.24, 2.45) is 0 Å². The number of ether oxygens (including phenoxy) is 1. The molecule has 0 unspecified atom stereocenters. The third-order valence-corrected chi connectivity index (χ3v) is 2.54. The summed E-state index contributed by atoms with van der Waals surface area (Å²) in [5.74, 6) is 0.359. The quantitative estimate of drug-likeness (QED) is 0.930. The highest BCUT2D eigenvalue weighted by Crippen LogP contribution is 2.29. The molecule has 2 rings (SSSR count). The summed E-state index contributed by atoms with van der Waals surface area (Å²) in [6, 6.07) is 10.6. The van der Waals surface area contributed by atoms with Gasteiger partial charge < -0.3 is 10.1 Å². The molecule has 0 aliphatic rings. The fourth-order valence-electron chi connectivity index (χ4n) is 1.63. The second-order valence-corrected chi connectivity index (χ2v) is 4.14. The molecule has 20 heavy (non-hydrogen) atoms. The molecule has 0 fully saturated rings. The standard InChI is InChI=1S/C14H13F3N2O/c1-18-9-10-5-7-11(8-6-10)20-13-4-2-3-12(19-13)14(15,16)17/h2-8,18H,9H2,1H3. The molecule has 1 heterocycles. The lowest BCUT2D eigenvalue weighted by molar-refractivity contribution is -0.141. The van der Waals surface area contributed by atoms with E-state index in [1.807, 2.05) is 19.2 Å². The van der Waals surface area contributed by atoms with Crippen molar-refractivity contribution >= 4 is 0 Å². The van der Waals surface area contributed by atoms with Gasteiger partial charge in [0, 0.05) is 12.6 Å². The minimum absolute atomic E-state index is 0.0822.